The van der Waals surface area contributed by atoms with Gasteiger partial charge in [-0.25, -0.2) is 4.98 Å². The molecule has 0 spiro atoms. The van der Waals surface area contributed by atoms with E-state index in [1.807, 2.05) is 12.5 Å². The van der Waals surface area contributed by atoms with Crippen LogP contribution in [0, 0.1) is 12.3 Å². The Balaban J connectivity index is 2.11. The highest BCUT2D eigenvalue weighted by Crippen LogP contribution is 2.36. The van der Waals surface area contributed by atoms with Gasteiger partial charge in [-0.2, -0.15) is 0 Å². The van der Waals surface area contributed by atoms with Crippen LogP contribution in [-0.2, 0) is 0 Å². The lowest BCUT2D eigenvalue weighted by Gasteiger charge is -2.17. The first kappa shape index (κ1) is 10.2. The molecule has 0 bridgehead atoms. The fourth-order valence-corrected chi connectivity index (χ4v) is 1.73. The highest BCUT2D eigenvalue weighted by atomic mass is 15.1. The predicted molar refractivity (Wildman–Crippen MR) is 59.1 cm³/mol. The Morgan fingerprint density at radius 3 is 3.13 bits per heavy atom. The van der Waals surface area contributed by atoms with Gasteiger partial charge in [0.1, 0.15) is 0 Å². The molecule has 80 valence electrons. The maximum atomic E-state index is 5.72. The second kappa shape index (κ2) is 4.47. The number of nitrogens with zero attached hydrogens (tertiary/aromatic N) is 2. The molecule has 0 amide bonds. The van der Waals surface area contributed by atoms with Gasteiger partial charge in [0.15, 0.2) is 0 Å². The molecule has 4 nitrogen and oxygen atoms in total. The molecule has 1 aliphatic rings. The number of rotatable bonds is 5. The Kier molecular flexibility index (Phi) is 3.05. The quantitative estimate of drug-likeness (QED) is 0.684. The second-order valence-electron chi connectivity index (χ2n) is 3.83. The van der Waals surface area contributed by atoms with Crippen LogP contribution in [0.4, 0.5) is 0 Å². The van der Waals surface area contributed by atoms with Gasteiger partial charge >= 0.3 is 0 Å². The monoisotopic (exact) mass is 204 g/mol. The van der Waals surface area contributed by atoms with Crippen molar-refractivity contribution in [2.45, 2.75) is 24.9 Å². The van der Waals surface area contributed by atoms with Crippen LogP contribution in [0.5, 0.6) is 0 Å². The number of nitrogens with one attached hydrogen (secondary N) is 1. The summed E-state index contributed by atoms with van der Waals surface area (Å²) < 4.78 is 2.21. The zero-order valence-corrected chi connectivity index (χ0v) is 8.69. The number of hydrogen-bond acceptors (Lipinski definition) is 3. The Bertz CT molecular complexity index is 359. The molecule has 1 aliphatic carbocycles. The average molecular weight is 204 g/mol. The van der Waals surface area contributed by atoms with Crippen LogP contribution in [0.1, 0.15) is 30.6 Å². The van der Waals surface area contributed by atoms with Crippen molar-refractivity contribution >= 4 is 0 Å². The highest BCUT2D eigenvalue weighted by Gasteiger charge is 2.27. The molecule has 1 aromatic heterocycles. The number of imidazole rings is 1. The van der Waals surface area contributed by atoms with Gasteiger partial charge < -0.3 is 10.3 Å². The van der Waals surface area contributed by atoms with Gasteiger partial charge in [-0.05, 0) is 12.8 Å². The molecule has 1 unspecified atom stereocenters. The van der Waals surface area contributed by atoms with E-state index in [0.717, 1.165) is 5.69 Å². The number of hydrogen-bond donors (Lipinski definition) is 2. The van der Waals surface area contributed by atoms with Gasteiger partial charge in [-0.1, -0.05) is 5.92 Å². The predicted octanol–water partition coefficient (Wildman–Crippen LogP) is 0.441. The topological polar surface area (TPSA) is 55.9 Å². The zero-order valence-electron chi connectivity index (χ0n) is 8.69. The second-order valence-corrected chi connectivity index (χ2v) is 3.83. The minimum atomic E-state index is 0.115. The van der Waals surface area contributed by atoms with Crippen LogP contribution in [0.2, 0.25) is 0 Å². The fourth-order valence-electron chi connectivity index (χ4n) is 1.73. The van der Waals surface area contributed by atoms with E-state index in [1.54, 1.807) is 0 Å². The highest BCUT2D eigenvalue weighted by molar-refractivity contribution is 5.10. The fraction of sp³-hybridized carbons (Fsp3) is 0.545. The van der Waals surface area contributed by atoms with Crippen molar-refractivity contribution in [3.63, 3.8) is 0 Å². The van der Waals surface area contributed by atoms with Crippen molar-refractivity contribution in [3.05, 3.63) is 18.2 Å². The third-order valence-electron chi connectivity index (χ3n) is 2.68. The first-order valence-corrected chi connectivity index (χ1v) is 5.25. The van der Waals surface area contributed by atoms with Gasteiger partial charge in [0.2, 0.25) is 0 Å². The van der Waals surface area contributed by atoms with Gasteiger partial charge in [-0.15, -0.1) is 6.42 Å². The molecular formula is C11H16N4. The van der Waals surface area contributed by atoms with Crippen molar-refractivity contribution in [2.24, 2.45) is 5.73 Å². The van der Waals surface area contributed by atoms with E-state index in [-0.39, 0.29) is 6.04 Å². The molecule has 4 heteroatoms. The van der Waals surface area contributed by atoms with Gasteiger partial charge in [-0.3, -0.25) is 5.32 Å². The summed E-state index contributed by atoms with van der Waals surface area (Å²) in [4.78, 5) is 4.18. The van der Waals surface area contributed by atoms with Crippen LogP contribution in [0.15, 0.2) is 12.5 Å². The summed E-state index contributed by atoms with van der Waals surface area (Å²) in [5, 5.41) is 3.22. The molecule has 1 atom stereocenters. The molecule has 0 saturated heterocycles. The van der Waals surface area contributed by atoms with E-state index >= 15 is 0 Å². The van der Waals surface area contributed by atoms with E-state index < -0.39 is 0 Å². The molecule has 0 aromatic carbocycles. The summed E-state index contributed by atoms with van der Waals surface area (Å²) in [5.74, 6) is 2.56. The minimum Gasteiger partial charge on any atom is -0.330 e. The van der Waals surface area contributed by atoms with Gasteiger partial charge in [0.05, 0.1) is 24.6 Å². The number of aromatic nitrogens is 2. The number of terminal acetylenes is 1. The van der Waals surface area contributed by atoms with Crippen LogP contribution >= 0.6 is 0 Å². The third kappa shape index (κ3) is 2.20. The Morgan fingerprint density at radius 2 is 2.53 bits per heavy atom. The summed E-state index contributed by atoms with van der Waals surface area (Å²) >= 11 is 0. The van der Waals surface area contributed by atoms with Crippen molar-refractivity contribution in [1.29, 1.82) is 0 Å². The van der Waals surface area contributed by atoms with E-state index in [1.165, 1.54) is 12.8 Å². The summed E-state index contributed by atoms with van der Waals surface area (Å²) in [5.41, 5.74) is 6.87. The molecular weight excluding hydrogens is 188 g/mol. The Labute approximate surface area is 89.9 Å². The minimum absolute atomic E-state index is 0.115. The van der Waals surface area contributed by atoms with Gasteiger partial charge in [0.25, 0.3) is 0 Å². The van der Waals surface area contributed by atoms with E-state index in [0.29, 0.717) is 19.1 Å². The summed E-state index contributed by atoms with van der Waals surface area (Å²) in [6, 6.07) is 0.744. The van der Waals surface area contributed by atoms with Crippen LogP contribution in [0.3, 0.4) is 0 Å². The average Bonchev–Trinajstić information content (AvgIpc) is 2.99. The van der Waals surface area contributed by atoms with Crippen LogP contribution in [0.25, 0.3) is 0 Å². The van der Waals surface area contributed by atoms with Crippen molar-refractivity contribution in [3.8, 4) is 12.3 Å². The molecule has 1 aromatic rings. The number of nitrogens with two attached hydrogens (primary N) is 1. The lowest BCUT2D eigenvalue weighted by Crippen LogP contribution is -2.30. The molecule has 0 radical (unpaired) electrons. The molecule has 1 fully saturated rings. The first-order valence-electron chi connectivity index (χ1n) is 5.25. The molecule has 2 rings (SSSR count). The van der Waals surface area contributed by atoms with E-state index in [2.05, 4.69) is 20.8 Å². The zero-order chi connectivity index (χ0) is 10.7. The first-order chi connectivity index (χ1) is 7.36. The van der Waals surface area contributed by atoms with Crippen molar-refractivity contribution in [2.75, 3.05) is 13.1 Å². The van der Waals surface area contributed by atoms with Crippen molar-refractivity contribution in [1.82, 2.24) is 14.9 Å². The summed E-state index contributed by atoms with van der Waals surface area (Å²) in [6.07, 6.45) is 11.5. The lowest BCUT2D eigenvalue weighted by atomic mass is 10.2. The maximum absolute atomic E-state index is 5.72. The molecule has 1 heterocycles. The standard InChI is InChI=1S/C11H16N4/c1-2-5-14-10(6-12)11-7-13-8-15(11)9-3-4-9/h1,7-10,14H,3-6,12H2. The third-order valence-corrected chi connectivity index (χ3v) is 2.68. The van der Waals surface area contributed by atoms with Crippen LogP contribution in [-0.4, -0.2) is 22.6 Å². The maximum Gasteiger partial charge on any atom is 0.0951 e. The Morgan fingerprint density at radius 1 is 1.73 bits per heavy atom. The molecule has 1 saturated carbocycles. The lowest BCUT2D eigenvalue weighted by molar-refractivity contribution is 0.530. The molecule has 3 N–H and O–H groups in total. The molecule has 0 aliphatic heterocycles. The van der Waals surface area contributed by atoms with E-state index in [9.17, 15) is 0 Å². The summed E-state index contributed by atoms with van der Waals surface area (Å²) in [7, 11) is 0. The largest absolute Gasteiger partial charge is 0.330 e. The Hall–Kier alpha value is -1.31. The smallest absolute Gasteiger partial charge is 0.0951 e. The van der Waals surface area contributed by atoms with E-state index in [4.69, 9.17) is 12.2 Å². The molecule has 15 heavy (non-hydrogen) atoms. The summed E-state index contributed by atoms with van der Waals surface area (Å²) in [6.45, 7) is 1.08. The van der Waals surface area contributed by atoms with Gasteiger partial charge in [0, 0.05) is 18.8 Å². The van der Waals surface area contributed by atoms with Crippen LogP contribution < -0.4 is 11.1 Å². The SMILES string of the molecule is C#CCNC(CN)c1cncn1C1CC1. The normalized spacial score (nSPS) is 17.3. The van der Waals surface area contributed by atoms with Crippen molar-refractivity contribution < 1.29 is 0 Å².